The van der Waals surface area contributed by atoms with E-state index >= 15 is 0 Å². The number of aliphatic hydroxyl groups excluding tert-OH is 1. The summed E-state index contributed by atoms with van der Waals surface area (Å²) in [4.78, 5) is 0. The molecule has 0 aliphatic rings. The van der Waals surface area contributed by atoms with Crippen molar-refractivity contribution >= 4 is 18.7 Å². The Morgan fingerprint density at radius 3 is 1.48 bits per heavy atom. The molecule has 0 fully saturated rings. The molecule has 0 aliphatic carbocycles. The van der Waals surface area contributed by atoms with Gasteiger partial charge in [-0.2, -0.15) is 0 Å². The Labute approximate surface area is 191 Å². The van der Waals surface area contributed by atoms with Crippen LogP contribution in [0, 0.1) is 0 Å². The van der Waals surface area contributed by atoms with Crippen LogP contribution < -0.4 is 10.4 Å². The summed E-state index contributed by atoms with van der Waals surface area (Å²) >= 11 is 0. The molecule has 31 heavy (non-hydrogen) atoms. The smallest absolute Gasteiger partial charge is 0.261 e. The summed E-state index contributed by atoms with van der Waals surface area (Å²) in [6.07, 6.45) is 1.51. The van der Waals surface area contributed by atoms with Crippen LogP contribution in [0.15, 0.2) is 85.0 Å². The minimum absolute atomic E-state index is 0.0125. The van der Waals surface area contributed by atoms with Crippen molar-refractivity contribution in [1.82, 2.24) is 0 Å². The van der Waals surface area contributed by atoms with E-state index in [0.717, 1.165) is 24.0 Å². The van der Waals surface area contributed by atoms with Crippen LogP contribution in [-0.2, 0) is 4.43 Å². The summed E-state index contributed by atoms with van der Waals surface area (Å²) in [7, 11) is -2.46. The molecule has 0 spiro atoms. The van der Waals surface area contributed by atoms with Gasteiger partial charge < -0.3 is 9.53 Å². The highest BCUT2D eigenvalue weighted by Gasteiger charge is 2.51. The molecule has 0 amide bonds. The van der Waals surface area contributed by atoms with E-state index in [1.165, 1.54) is 10.4 Å². The highest BCUT2D eigenvalue weighted by atomic mass is 28.4. The van der Waals surface area contributed by atoms with E-state index in [1.807, 2.05) is 13.8 Å². The van der Waals surface area contributed by atoms with Crippen molar-refractivity contribution in [3.8, 4) is 0 Å². The Hall–Kier alpha value is -1.94. The second-order valence-electron chi connectivity index (χ2n) is 9.29. The zero-order chi connectivity index (χ0) is 23.7. The number of aliphatic hydroxyl groups is 1. The van der Waals surface area contributed by atoms with Gasteiger partial charge >= 0.3 is 0 Å². The number of benzene rings is 2. The maximum Gasteiger partial charge on any atom is 0.261 e. The second kappa shape index (κ2) is 12.2. The van der Waals surface area contributed by atoms with Crippen LogP contribution in [0.4, 0.5) is 0 Å². The predicted molar refractivity (Wildman–Crippen MR) is 139 cm³/mol. The molecule has 2 atom stereocenters. The van der Waals surface area contributed by atoms with Gasteiger partial charge in [-0.1, -0.05) is 120 Å². The predicted octanol–water partition coefficient (Wildman–Crippen LogP) is 6.25. The molecule has 0 saturated carbocycles. The van der Waals surface area contributed by atoms with Gasteiger partial charge in [0.2, 0.25) is 0 Å². The van der Waals surface area contributed by atoms with E-state index in [4.69, 9.17) is 9.53 Å². The Morgan fingerprint density at radius 1 is 0.839 bits per heavy atom. The summed E-state index contributed by atoms with van der Waals surface area (Å²) in [5, 5.41) is 11.5. The van der Waals surface area contributed by atoms with Crippen LogP contribution in [-0.4, -0.2) is 25.6 Å². The molecule has 170 valence electrons. The van der Waals surface area contributed by atoms with E-state index in [-0.39, 0.29) is 17.2 Å². The molecule has 2 aromatic rings. The molecule has 2 aromatic carbocycles. The Morgan fingerprint density at radius 2 is 1.26 bits per heavy atom. The zero-order valence-electron chi connectivity index (χ0n) is 20.6. The summed E-state index contributed by atoms with van der Waals surface area (Å²) < 4.78 is 7.02. The zero-order valence-corrected chi connectivity index (χ0v) is 21.6. The average molecular weight is 439 g/mol. The van der Waals surface area contributed by atoms with Crippen molar-refractivity contribution in [1.29, 1.82) is 0 Å². The molecule has 0 radical (unpaired) electrons. The van der Waals surface area contributed by atoms with Crippen LogP contribution in [0.5, 0.6) is 0 Å². The first-order valence-corrected chi connectivity index (χ1v) is 13.2. The lowest BCUT2D eigenvalue weighted by Gasteiger charge is -2.45. The van der Waals surface area contributed by atoms with Crippen LogP contribution >= 0.6 is 0 Å². The van der Waals surface area contributed by atoms with Gasteiger partial charge in [0.05, 0.1) is 12.2 Å². The normalized spacial score (nSPS) is 13.5. The van der Waals surface area contributed by atoms with E-state index in [2.05, 4.69) is 108 Å². The summed E-state index contributed by atoms with van der Waals surface area (Å²) in [5.41, 5.74) is 1.95. The fourth-order valence-corrected chi connectivity index (χ4v) is 8.59. The molecular weight excluding hydrogens is 396 g/mol. The molecule has 0 bridgehead atoms. The van der Waals surface area contributed by atoms with Gasteiger partial charge in [0.25, 0.3) is 8.32 Å². The number of rotatable bonds is 8. The van der Waals surface area contributed by atoms with Crippen LogP contribution in [0.1, 0.15) is 61.3 Å². The third kappa shape index (κ3) is 7.03. The summed E-state index contributed by atoms with van der Waals surface area (Å²) in [6.45, 7) is 22.7. The maximum absolute atomic E-state index is 8.84. The lowest BCUT2D eigenvalue weighted by Crippen LogP contribution is -2.67. The quantitative estimate of drug-likeness (QED) is 0.390. The number of hydrogen-bond donors (Lipinski definition) is 1. The fraction of sp³-hybridized carbons (Fsp3) is 0.429. The molecule has 0 heterocycles. The molecule has 2 nitrogen and oxygen atoms in total. The van der Waals surface area contributed by atoms with E-state index in [0.29, 0.717) is 0 Å². The lowest BCUT2D eigenvalue weighted by molar-refractivity contribution is 0.207. The molecule has 0 aliphatic heterocycles. The monoisotopic (exact) mass is 438 g/mol. The minimum atomic E-state index is -2.46. The second-order valence-corrected chi connectivity index (χ2v) is 13.5. The van der Waals surface area contributed by atoms with E-state index < -0.39 is 8.32 Å². The topological polar surface area (TPSA) is 29.5 Å². The molecule has 0 unspecified atom stereocenters. The van der Waals surface area contributed by atoms with Crippen molar-refractivity contribution in [2.75, 3.05) is 0 Å². The van der Waals surface area contributed by atoms with Crippen molar-refractivity contribution in [3.05, 3.63) is 85.0 Å². The first-order chi connectivity index (χ1) is 14.5. The standard InChI is InChI=1S/C22H30OSi.C6H12O/c1-7-21(18(2)3)23-24(22(4,5)6,19-14-10-8-11-15-19)20-16-12-9-13-17-20;1-4-6(7)5(2)3/h8-17,21H,2,7H2,1,3-6H3;6-7H,2,4H2,1,3H3/t21-;6-/m11/s1. The van der Waals surface area contributed by atoms with Crippen LogP contribution in [0.25, 0.3) is 0 Å². The Balaban J connectivity index is 0.000000592. The van der Waals surface area contributed by atoms with Crippen molar-refractivity contribution in [3.63, 3.8) is 0 Å². The van der Waals surface area contributed by atoms with Gasteiger partial charge in [0, 0.05) is 0 Å². The molecule has 3 heteroatoms. The van der Waals surface area contributed by atoms with Gasteiger partial charge in [-0.25, -0.2) is 0 Å². The van der Waals surface area contributed by atoms with Gasteiger partial charge in [0.1, 0.15) is 0 Å². The van der Waals surface area contributed by atoms with E-state index in [9.17, 15) is 0 Å². The van der Waals surface area contributed by atoms with Crippen molar-refractivity contribution < 1.29 is 9.53 Å². The van der Waals surface area contributed by atoms with Crippen LogP contribution in [0.3, 0.4) is 0 Å². The van der Waals surface area contributed by atoms with Crippen molar-refractivity contribution in [2.45, 2.75) is 78.6 Å². The highest BCUT2D eigenvalue weighted by molar-refractivity contribution is 6.99. The van der Waals surface area contributed by atoms with Gasteiger partial charge in [0.15, 0.2) is 0 Å². The average Bonchev–Trinajstić information content (AvgIpc) is 2.74. The third-order valence-electron chi connectivity index (χ3n) is 5.61. The first-order valence-electron chi connectivity index (χ1n) is 11.3. The molecule has 2 rings (SSSR count). The van der Waals surface area contributed by atoms with Gasteiger partial charge in [-0.3, -0.25) is 0 Å². The van der Waals surface area contributed by atoms with Gasteiger partial charge in [-0.15, -0.1) is 0 Å². The molecule has 0 saturated heterocycles. The first kappa shape index (κ1) is 27.1. The fourth-order valence-electron chi connectivity index (χ4n) is 3.79. The molecular formula is C28H42O2Si. The SMILES string of the molecule is C=C(C)[C@@H](CC)O[Si](c1ccccc1)(c1ccccc1)C(C)(C)C.C=C(C)[C@H](O)CC. The summed E-state index contributed by atoms with van der Waals surface area (Å²) in [5.74, 6) is 0. The Kier molecular flexibility index (Phi) is 10.6. The third-order valence-corrected chi connectivity index (χ3v) is 10.7. The van der Waals surface area contributed by atoms with Crippen LogP contribution in [0.2, 0.25) is 5.04 Å². The number of hydrogen-bond acceptors (Lipinski definition) is 2. The lowest BCUT2D eigenvalue weighted by atomic mass is 10.1. The molecule has 0 aromatic heterocycles. The minimum Gasteiger partial charge on any atom is -0.401 e. The van der Waals surface area contributed by atoms with Crippen molar-refractivity contribution in [2.24, 2.45) is 0 Å². The van der Waals surface area contributed by atoms with E-state index in [1.54, 1.807) is 0 Å². The highest BCUT2D eigenvalue weighted by Crippen LogP contribution is 2.38. The largest absolute Gasteiger partial charge is 0.401 e. The molecule has 1 N–H and O–H groups in total. The maximum atomic E-state index is 8.84. The Bertz CT molecular complexity index is 766. The van der Waals surface area contributed by atoms with Gasteiger partial charge in [-0.05, 0) is 42.1 Å². The summed E-state index contributed by atoms with van der Waals surface area (Å²) in [6, 6.07) is 21.6.